The van der Waals surface area contributed by atoms with Gasteiger partial charge in [0.1, 0.15) is 0 Å². The van der Waals surface area contributed by atoms with Crippen molar-refractivity contribution in [2.24, 2.45) is 0 Å². The summed E-state index contributed by atoms with van der Waals surface area (Å²) in [5.41, 5.74) is 2.72. The Morgan fingerprint density at radius 2 is 1.04 bits per heavy atom. The van der Waals surface area contributed by atoms with Crippen LogP contribution in [0.5, 0.6) is 0 Å². The number of hydrogen-bond acceptors (Lipinski definition) is 4. The third-order valence-corrected chi connectivity index (χ3v) is 3.71. The van der Waals surface area contributed by atoms with Gasteiger partial charge in [0.25, 0.3) is 0 Å². The number of pyridine rings is 2. The summed E-state index contributed by atoms with van der Waals surface area (Å²) in [5, 5.41) is 16.4. The molecule has 0 aliphatic carbocycles. The zero-order chi connectivity index (χ0) is 19.0. The first-order valence-electron chi connectivity index (χ1n) is 8.79. The number of aryl methyl sites for hydroxylation is 2. The van der Waals surface area contributed by atoms with E-state index in [0.29, 0.717) is 19.3 Å². The Morgan fingerprint density at radius 1 is 0.654 bits per heavy atom. The molecule has 0 saturated heterocycles. The van der Waals surface area contributed by atoms with Crippen molar-refractivity contribution in [1.82, 2.24) is 9.97 Å². The monoisotopic (exact) mass is 358 g/mol. The van der Waals surface area contributed by atoms with Crippen LogP contribution >= 0.6 is 0 Å². The van der Waals surface area contributed by atoms with Gasteiger partial charge in [0, 0.05) is 37.6 Å². The van der Waals surface area contributed by atoms with E-state index in [-0.39, 0.29) is 12.8 Å². The van der Waals surface area contributed by atoms with Crippen LogP contribution in [0.25, 0.3) is 0 Å². The number of rotatable bonds is 10. The molecule has 0 unspecified atom stereocenters. The first-order valence-corrected chi connectivity index (χ1v) is 8.79. The fourth-order valence-electron chi connectivity index (χ4n) is 2.32. The minimum Gasteiger partial charge on any atom is -0.481 e. The zero-order valence-electron chi connectivity index (χ0n) is 14.9. The second-order valence-corrected chi connectivity index (χ2v) is 5.91. The molecule has 0 aliphatic heterocycles. The summed E-state index contributed by atoms with van der Waals surface area (Å²) in [4.78, 5) is 28.0. The van der Waals surface area contributed by atoms with Crippen molar-refractivity contribution in [3.05, 3.63) is 60.2 Å². The van der Waals surface area contributed by atoms with Gasteiger partial charge in [0.2, 0.25) is 0 Å². The summed E-state index contributed by atoms with van der Waals surface area (Å²) in [6.45, 7) is 0. The van der Waals surface area contributed by atoms with E-state index >= 15 is 0 Å². The van der Waals surface area contributed by atoms with E-state index in [0.717, 1.165) is 12.8 Å². The summed E-state index contributed by atoms with van der Waals surface area (Å²) in [6.07, 6.45) is 12.9. The highest BCUT2D eigenvalue weighted by atomic mass is 16.4. The van der Waals surface area contributed by atoms with Gasteiger partial charge in [-0.05, 0) is 67.5 Å². The molecular formula is C20H26N2O4. The molecule has 6 nitrogen and oxygen atoms in total. The van der Waals surface area contributed by atoms with Crippen LogP contribution in [-0.4, -0.2) is 32.1 Å². The average molecular weight is 358 g/mol. The van der Waals surface area contributed by atoms with Crippen LogP contribution in [0.15, 0.2) is 49.1 Å². The van der Waals surface area contributed by atoms with Crippen LogP contribution in [-0.2, 0) is 22.4 Å². The highest BCUT2D eigenvalue weighted by Gasteiger charge is 1.98. The molecule has 6 heteroatoms. The topological polar surface area (TPSA) is 100 Å². The van der Waals surface area contributed by atoms with Crippen molar-refractivity contribution in [3.8, 4) is 0 Å². The van der Waals surface area contributed by atoms with Crippen molar-refractivity contribution >= 4 is 11.9 Å². The van der Waals surface area contributed by atoms with Gasteiger partial charge in [-0.2, -0.15) is 0 Å². The van der Waals surface area contributed by atoms with Gasteiger partial charge >= 0.3 is 11.9 Å². The standard InChI is InChI=1S/C13H14N2.C7H12O4/c1(2-12-4-8-14-9-5-12)3-13-6-10-15-11-7-13;8-6(9)4-2-1-3-5-7(10)11/h4-11H,1-3H2;1-5H2,(H,8,9)(H,10,11). The van der Waals surface area contributed by atoms with Crippen LogP contribution in [0, 0.1) is 0 Å². The number of carboxylic acids is 2. The SMILES string of the molecule is O=C(O)CCCCCC(=O)O.c1cc(CCCc2ccncc2)ccn1. The van der Waals surface area contributed by atoms with Crippen LogP contribution in [0.3, 0.4) is 0 Å². The summed E-state index contributed by atoms with van der Waals surface area (Å²) in [7, 11) is 0. The van der Waals surface area contributed by atoms with Gasteiger partial charge in [-0.3, -0.25) is 19.6 Å². The molecule has 2 rings (SSSR count). The second kappa shape index (κ2) is 13.5. The lowest BCUT2D eigenvalue weighted by molar-refractivity contribution is -0.137. The van der Waals surface area contributed by atoms with Gasteiger partial charge < -0.3 is 10.2 Å². The molecule has 0 bridgehead atoms. The molecule has 0 spiro atoms. The van der Waals surface area contributed by atoms with E-state index in [1.165, 1.54) is 17.5 Å². The molecule has 0 amide bonds. The first-order chi connectivity index (χ1) is 12.6. The smallest absolute Gasteiger partial charge is 0.303 e. The highest BCUT2D eigenvalue weighted by molar-refractivity contribution is 5.67. The lowest BCUT2D eigenvalue weighted by atomic mass is 10.1. The van der Waals surface area contributed by atoms with E-state index in [4.69, 9.17) is 10.2 Å². The molecule has 0 aliphatic rings. The maximum atomic E-state index is 9.98. The van der Waals surface area contributed by atoms with Gasteiger partial charge in [-0.25, -0.2) is 0 Å². The molecule has 0 fully saturated rings. The third-order valence-electron chi connectivity index (χ3n) is 3.71. The first kappa shape index (κ1) is 21.3. The molecule has 0 aromatic carbocycles. The van der Waals surface area contributed by atoms with Crippen LogP contribution < -0.4 is 0 Å². The quantitative estimate of drug-likeness (QED) is 0.627. The molecule has 0 saturated carbocycles. The Kier molecular flexibility index (Phi) is 11.1. The van der Waals surface area contributed by atoms with Gasteiger partial charge in [0.15, 0.2) is 0 Å². The van der Waals surface area contributed by atoms with Crippen molar-refractivity contribution in [2.45, 2.75) is 51.4 Å². The number of carboxylic acid groups (broad SMARTS) is 2. The Balaban J connectivity index is 0.000000276. The Bertz CT molecular complexity index is 577. The predicted molar refractivity (Wildman–Crippen MR) is 98.9 cm³/mol. The fourth-order valence-corrected chi connectivity index (χ4v) is 2.32. The largest absolute Gasteiger partial charge is 0.481 e. The number of hydrogen-bond donors (Lipinski definition) is 2. The molecule has 2 N–H and O–H groups in total. The lowest BCUT2D eigenvalue weighted by Crippen LogP contribution is -1.96. The van der Waals surface area contributed by atoms with Crippen molar-refractivity contribution in [2.75, 3.05) is 0 Å². The normalized spacial score (nSPS) is 9.85. The maximum absolute atomic E-state index is 9.98. The van der Waals surface area contributed by atoms with E-state index < -0.39 is 11.9 Å². The number of aliphatic carboxylic acids is 2. The summed E-state index contributed by atoms with van der Waals surface area (Å²) in [5.74, 6) is -1.64. The van der Waals surface area contributed by atoms with E-state index in [9.17, 15) is 9.59 Å². The Hall–Kier alpha value is -2.76. The molecule has 2 heterocycles. The van der Waals surface area contributed by atoms with E-state index in [1.54, 1.807) is 0 Å². The Labute approximate surface area is 153 Å². The van der Waals surface area contributed by atoms with Crippen LogP contribution in [0.2, 0.25) is 0 Å². The lowest BCUT2D eigenvalue weighted by Gasteiger charge is -2.01. The van der Waals surface area contributed by atoms with Crippen molar-refractivity contribution in [3.63, 3.8) is 0 Å². The average Bonchev–Trinajstić information content (AvgIpc) is 2.63. The summed E-state index contributed by atoms with van der Waals surface area (Å²) < 4.78 is 0. The van der Waals surface area contributed by atoms with Gasteiger partial charge in [-0.15, -0.1) is 0 Å². The highest BCUT2D eigenvalue weighted by Crippen LogP contribution is 2.06. The van der Waals surface area contributed by atoms with E-state index in [2.05, 4.69) is 34.2 Å². The minimum atomic E-state index is -0.819. The number of carbonyl (C=O) groups is 2. The minimum absolute atomic E-state index is 0.139. The fraction of sp³-hybridized carbons (Fsp3) is 0.400. The summed E-state index contributed by atoms with van der Waals surface area (Å²) in [6, 6.07) is 8.30. The maximum Gasteiger partial charge on any atom is 0.303 e. The van der Waals surface area contributed by atoms with Gasteiger partial charge in [-0.1, -0.05) is 6.42 Å². The molecule has 0 radical (unpaired) electrons. The molecular weight excluding hydrogens is 332 g/mol. The van der Waals surface area contributed by atoms with Crippen molar-refractivity contribution < 1.29 is 19.8 Å². The molecule has 0 atom stereocenters. The second-order valence-electron chi connectivity index (χ2n) is 5.91. The number of aromatic nitrogens is 2. The molecule has 2 aromatic rings. The summed E-state index contributed by atoms with van der Waals surface area (Å²) >= 11 is 0. The zero-order valence-corrected chi connectivity index (χ0v) is 14.9. The van der Waals surface area contributed by atoms with Crippen molar-refractivity contribution in [1.29, 1.82) is 0 Å². The third kappa shape index (κ3) is 11.7. The van der Waals surface area contributed by atoms with Gasteiger partial charge in [0.05, 0.1) is 0 Å². The van der Waals surface area contributed by atoms with Crippen LogP contribution in [0.4, 0.5) is 0 Å². The molecule has 26 heavy (non-hydrogen) atoms. The van der Waals surface area contributed by atoms with E-state index in [1.807, 2.05) is 24.8 Å². The molecule has 140 valence electrons. The van der Waals surface area contributed by atoms with Crippen LogP contribution in [0.1, 0.15) is 49.7 Å². The molecule has 2 aromatic heterocycles. The number of unbranched alkanes of at least 4 members (excludes halogenated alkanes) is 2. The number of nitrogens with zero attached hydrogens (tertiary/aromatic N) is 2. The predicted octanol–water partition coefficient (Wildman–Crippen LogP) is 3.76. The Morgan fingerprint density at radius 3 is 1.38 bits per heavy atom.